The molecule has 0 spiro atoms. The van der Waals surface area contributed by atoms with Crippen LogP contribution in [0.5, 0.6) is 0 Å². The third kappa shape index (κ3) is 5.53. The Morgan fingerprint density at radius 1 is 0.583 bits per heavy atom. The summed E-state index contributed by atoms with van der Waals surface area (Å²) < 4.78 is 174. The monoisotopic (exact) mass is 398 g/mol. The molecule has 0 bridgehead atoms. The lowest BCUT2D eigenvalue weighted by Gasteiger charge is -2.30. The normalized spacial score (nSPS) is 14.6. The van der Waals surface area contributed by atoms with Crippen molar-refractivity contribution in [2.24, 2.45) is 0 Å². The van der Waals surface area contributed by atoms with E-state index in [1.54, 1.807) is 9.47 Å². The van der Waals surface area contributed by atoms with Gasteiger partial charge in [-0.3, -0.25) is 0 Å². The molecule has 0 aromatic carbocycles. The molecule has 24 heavy (non-hydrogen) atoms. The molecular weight excluding hydrogens is 398 g/mol. The summed E-state index contributed by atoms with van der Waals surface area (Å²) in [6.07, 6.45) is -30.9. The molecular formula is C7F14O3. The summed E-state index contributed by atoms with van der Waals surface area (Å²) in [7, 11) is 0. The molecule has 17 heteroatoms. The van der Waals surface area contributed by atoms with E-state index in [0.717, 1.165) is 0 Å². The third-order valence-corrected chi connectivity index (χ3v) is 1.56. The van der Waals surface area contributed by atoms with E-state index in [9.17, 15) is 61.5 Å². The van der Waals surface area contributed by atoms with Crippen LogP contribution in [0.3, 0.4) is 0 Å². The lowest BCUT2D eigenvalue weighted by molar-refractivity contribution is -0.571. The molecule has 0 heterocycles. The van der Waals surface area contributed by atoms with Crippen LogP contribution in [0.25, 0.3) is 0 Å². The van der Waals surface area contributed by atoms with E-state index >= 15 is 0 Å². The van der Waals surface area contributed by atoms with E-state index < -0.39 is 42.9 Å². The van der Waals surface area contributed by atoms with Crippen LogP contribution in [0, 0.1) is 0 Å². The number of hydrogen-bond donors (Lipinski definition) is 0. The van der Waals surface area contributed by atoms with Crippen LogP contribution in [0.15, 0.2) is 12.1 Å². The molecule has 3 nitrogen and oxygen atoms in total. The van der Waals surface area contributed by atoms with Gasteiger partial charge in [-0.15, -0.1) is 17.6 Å². The lowest BCUT2D eigenvalue weighted by atomic mass is 10.3. The molecule has 0 unspecified atom stereocenters. The third-order valence-electron chi connectivity index (χ3n) is 1.56. The summed E-state index contributed by atoms with van der Waals surface area (Å²) in [5.74, 6) is -7.31. The fourth-order valence-electron chi connectivity index (χ4n) is 0.701. The largest absolute Gasteiger partial charge is 0.543 e. The average molecular weight is 398 g/mol. The first kappa shape index (κ1) is 22.5. The van der Waals surface area contributed by atoms with Crippen molar-refractivity contribution in [3.05, 3.63) is 12.1 Å². The minimum atomic E-state index is -7.31. The van der Waals surface area contributed by atoms with Gasteiger partial charge in [-0.2, -0.15) is 48.6 Å². The topological polar surface area (TPSA) is 27.7 Å². The Hall–Kier alpha value is -1.52. The summed E-state index contributed by atoms with van der Waals surface area (Å²) in [5.41, 5.74) is 0. The summed E-state index contributed by atoms with van der Waals surface area (Å²) >= 11 is 0. The zero-order valence-electron chi connectivity index (χ0n) is 10.0. The van der Waals surface area contributed by atoms with Gasteiger partial charge in [0.05, 0.1) is 0 Å². The van der Waals surface area contributed by atoms with Gasteiger partial charge in [0.1, 0.15) is 0 Å². The number of ether oxygens (including phenoxy) is 3. The van der Waals surface area contributed by atoms with Crippen molar-refractivity contribution >= 4 is 0 Å². The SMILES string of the molecule is FC(F)=C(F)OC(F)(F)OC(F)(F)OC(F)(F)C(F)(F)C(F)(F)F. The molecule has 0 aliphatic heterocycles. The molecule has 0 N–H and O–H groups in total. The Balaban J connectivity index is 5.32. The molecule has 0 radical (unpaired) electrons. The first-order valence-corrected chi connectivity index (χ1v) is 4.62. The van der Waals surface area contributed by atoms with Crippen molar-refractivity contribution in [1.29, 1.82) is 0 Å². The van der Waals surface area contributed by atoms with Crippen LogP contribution in [-0.2, 0) is 14.2 Å². The predicted octanol–water partition coefficient (Wildman–Crippen LogP) is 4.96. The zero-order chi connectivity index (χ0) is 19.8. The molecule has 0 atom stereocenters. The maximum Gasteiger partial charge on any atom is 0.543 e. The fraction of sp³-hybridized carbons (Fsp3) is 0.714. The highest BCUT2D eigenvalue weighted by atomic mass is 19.4. The van der Waals surface area contributed by atoms with Crippen molar-refractivity contribution in [3.63, 3.8) is 0 Å². The zero-order valence-corrected chi connectivity index (χ0v) is 10.0. The molecule has 0 aromatic rings. The second-order valence-electron chi connectivity index (χ2n) is 3.36. The number of rotatable bonds is 7. The first-order valence-electron chi connectivity index (χ1n) is 4.62. The van der Waals surface area contributed by atoms with Gasteiger partial charge in [-0.05, 0) is 0 Å². The molecule has 0 aromatic heterocycles. The fourth-order valence-corrected chi connectivity index (χ4v) is 0.701. The van der Waals surface area contributed by atoms with Crippen LogP contribution in [0.4, 0.5) is 61.5 Å². The number of alkyl halides is 11. The van der Waals surface area contributed by atoms with Crippen molar-refractivity contribution < 1.29 is 75.7 Å². The Kier molecular flexibility index (Phi) is 6.01. The molecule has 0 fully saturated rings. The number of hydrogen-bond acceptors (Lipinski definition) is 3. The highest BCUT2D eigenvalue weighted by molar-refractivity contribution is 4.85. The second-order valence-corrected chi connectivity index (χ2v) is 3.36. The van der Waals surface area contributed by atoms with Crippen LogP contribution >= 0.6 is 0 Å². The summed E-state index contributed by atoms with van der Waals surface area (Å²) in [6, 6.07) is -3.55. The van der Waals surface area contributed by atoms with Gasteiger partial charge in [0, 0.05) is 0 Å². The summed E-state index contributed by atoms with van der Waals surface area (Å²) in [5, 5.41) is 0. The minimum Gasteiger partial charge on any atom is -0.378 e. The summed E-state index contributed by atoms with van der Waals surface area (Å²) in [6.45, 7) is 0. The van der Waals surface area contributed by atoms with Crippen LogP contribution in [-0.4, -0.2) is 30.8 Å². The van der Waals surface area contributed by atoms with Gasteiger partial charge in [-0.1, -0.05) is 0 Å². The Bertz CT molecular complexity index is 475. The maximum absolute atomic E-state index is 12.5. The van der Waals surface area contributed by atoms with Crippen LogP contribution in [0.1, 0.15) is 0 Å². The quantitative estimate of drug-likeness (QED) is 0.345. The number of halogens is 14. The smallest absolute Gasteiger partial charge is 0.378 e. The average Bonchev–Trinajstić information content (AvgIpc) is 2.22. The molecule has 0 saturated heterocycles. The highest BCUT2D eigenvalue weighted by Gasteiger charge is 2.77. The highest BCUT2D eigenvalue weighted by Crippen LogP contribution is 2.49. The van der Waals surface area contributed by atoms with Gasteiger partial charge < -0.3 is 4.74 Å². The predicted molar refractivity (Wildman–Crippen MR) is 39.4 cm³/mol. The minimum absolute atomic E-state index is 1.55. The van der Waals surface area contributed by atoms with Crippen molar-refractivity contribution in [1.82, 2.24) is 0 Å². The van der Waals surface area contributed by atoms with Gasteiger partial charge in [0.25, 0.3) is 0 Å². The second kappa shape index (κ2) is 6.41. The van der Waals surface area contributed by atoms with Gasteiger partial charge in [-0.25, -0.2) is 4.74 Å². The van der Waals surface area contributed by atoms with Crippen molar-refractivity contribution in [2.75, 3.05) is 0 Å². The Morgan fingerprint density at radius 3 is 1.33 bits per heavy atom. The van der Waals surface area contributed by atoms with E-state index in [1.807, 2.05) is 0 Å². The van der Waals surface area contributed by atoms with Gasteiger partial charge >= 0.3 is 42.9 Å². The standard InChI is InChI=1S/C7F14O3/c8-1(9)2(10)22-6(18,19)24-7(20,21)23-5(16,17)3(11,12)4(13,14)15. The molecule has 144 valence electrons. The first-order chi connectivity index (χ1) is 10.2. The van der Waals surface area contributed by atoms with Crippen molar-refractivity contribution in [2.45, 2.75) is 30.8 Å². The molecule has 0 aliphatic carbocycles. The van der Waals surface area contributed by atoms with Crippen molar-refractivity contribution in [3.8, 4) is 0 Å². The van der Waals surface area contributed by atoms with E-state index in [2.05, 4.69) is 4.74 Å². The molecule has 0 amide bonds. The van der Waals surface area contributed by atoms with Gasteiger partial charge in [0.15, 0.2) is 0 Å². The molecule has 0 saturated carbocycles. The maximum atomic E-state index is 12.5. The van der Waals surface area contributed by atoms with Crippen LogP contribution in [0.2, 0.25) is 0 Å². The van der Waals surface area contributed by atoms with E-state index in [1.165, 1.54) is 0 Å². The van der Waals surface area contributed by atoms with E-state index in [0.29, 0.717) is 0 Å². The Labute approximate surface area is 120 Å². The van der Waals surface area contributed by atoms with E-state index in [-0.39, 0.29) is 0 Å². The van der Waals surface area contributed by atoms with Crippen LogP contribution < -0.4 is 0 Å². The van der Waals surface area contributed by atoms with E-state index in [4.69, 9.17) is 0 Å². The molecule has 0 aliphatic rings. The van der Waals surface area contributed by atoms with Gasteiger partial charge in [0.2, 0.25) is 0 Å². The Morgan fingerprint density at radius 2 is 1.00 bits per heavy atom. The summed E-state index contributed by atoms with van der Waals surface area (Å²) in [4.78, 5) is 0. The lowest BCUT2D eigenvalue weighted by Crippen LogP contribution is -2.56. The molecule has 0 rings (SSSR count).